The molecule has 0 saturated carbocycles. The molecule has 2 heterocycles. The summed E-state index contributed by atoms with van der Waals surface area (Å²) in [7, 11) is -5.68. The molecule has 0 radical (unpaired) electrons. The topological polar surface area (TPSA) is 56.5 Å². The van der Waals surface area contributed by atoms with E-state index in [0.29, 0.717) is 21.9 Å². The van der Waals surface area contributed by atoms with Gasteiger partial charge in [-0.1, -0.05) is 0 Å². The number of benzene rings is 2. The van der Waals surface area contributed by atoms with Crippen LogP contribution in [0.2, 0.25) is 0 Å². The van der Waals surface area contributed by atoms with E-state index in [-0.39, 0.29) is 9.32 Å². The Labute approximate surface area is 124 Å². The van der Waals surface area contributed by atoms with Gasteiger partial charge >= 0.3 is 15.6 Å². The molecular formula is C11H4F3IO4S. The van der Waals surface area contributed by atoms with Crippen molar-refractivity contribution in [1.29, 1.82) is 0 Å². The van der Waals surface area contributed by atoms with Crippen molar-refractivity contribution in [2.24, 2.45) is 0 Å². The highest BCUT2D eigenvalue weighted by Crippen LogP contribution is 2.38. The van der Waals surface area contributed by atoms with Crippen LogP contribution in [0.5, 0.6) is 5.75 Å². The molecule has 2 bridgehead atoms. The van der Waals surface area contributed by atoms with Gasteiger partial charge < -0.3 is 8.60 Å². The number of hydrogen-bond donors (Lipinski definition) is 0. The van der Waals surface area contributed by atoms with Crippen LogP contribution >= 0.6 is 22.6 Å². The second kappa shape index (κ2) is 4.13. The molecule has 9 heteroatoms. The van der Waals surface area contributed by atoms with Gasteiger partial charge in [-0.3, -0.25) is 0 Å². The summed E-state index contributed by atoms with van der Waals surface area (Å²) in [4.78, 5) is 0. The molecule has 4 nitrogen and oxygen atoms in total. The minimum absolute atomic E-state index is 0.242. The van der Waals surface area contributed by atoms with Crippen molar-refractivity contribution in [1.82, 2.24) is 0 Å². The summed E-state index contributed by atoms with van der Waals surface area (Å²) in [6, 6.07) is 6.11. The maximum absolute atomic E-state index is 12.3. The van der Waals surface area contributed by atoms with Gasteiger partial charge in [0, 0.05) is 10.8 Å². The first-order valence-electron chi connectivity index (χ1n) is 5.14. The third-order valence-electron chi connectivity index (χ3n) is 2.69. The molecule has 20 heavy (non-hydrogen) atoms. The molecule has 0 atom stereocenters. The predicted molar refractivity (Wildman–Crippen MR) is 73.2 cm³/mol. The number of halogens is 4. The monoisotopic (exact) mass is 416 g/mol. The van der Waals surface area contributed by atoms with Gasteiger partial charge in [-0.2, -0.15) is 21.6 Å². The molecule has 0 spiro atoms. The zero-order valence-corrected chi connectivity index (χ0v) is 12.3. The average molecular weight is 416 g/mol. The van der Waals surface area contributed by atoms with Gasteiger partial charge in [0.15, 0.2) is 5.75 Å². The number of rotatable bonds is 2. The van der Waals surface area contributed by atoms with E-state index in [2.05, 4.69) is 4.18 Å². The zero-order valence-electron chi connectivity index (χ0n) is 9.36. The van der Waals surface area contributed by atoms with Crippen LogP contribution in [0.1, 0.15) is 0 Å². The van der Waals surface area contributed by atoms with Gasteiger partial charge in [0.2, 0.25) is 0 Å². The molecular weight excluding hydrogens is 412 g/mol. The number of alkyl halides is 3. The number of hydrogen-bond acceptors (Lipinski definition) is 4. The number of fused-ring (bicyclic) bond motifs is 5. The summed E-state index contributed by atoms with van der Waals surface area (Å²) in [5.74, 6) is -0.376. The Morgan fingerprint density at radius 2 is 1.65 bits per heavy atom. The molecule has 3 aromatic rings. The fourth-order valence-corrected chi connectivity index (χ4v) is 3.01. The lowest BCUT2D eigenvalue weighted by molar-refractivity contribution is -0.0500. The van der Waals surface area contributed by atoms with Gasteiger partial charge in [-0.05, 0) is 46.9 Å². The lowest BCUT2D eigenvalue weighted by Crippen LogP contribution is -2.28. The molecule has 0 aliphatic heterocycles. The molecule has 0 fully saturated rings. The van der Waals surface area contributed by atoms with Gasteiger partial charge in [0.25, 0.3) is 0 Å². The Morgan fingerprint density at radius 1 is 1.10 bits per heavy atom. The van der Waals surface area contributed by atoms with Crippen molar-refractivity contribution in [3.05, 3.63) is 27.8 Å². The van der Waals surface area contributed by atoms with Crippen LogP contribution in [0.15, 0.2) is 28.7 Å². The summed E-state index contributed by atoms with van der Waals surface area (Å²) >= 11 is 1.70. The molecule has 2 aromatic heterocycles. The summed E-state index contributed by atoms with van der Waals surface area (Å²) in [5.41, 5.74) is -4.43. The molecule has 1 aromatic carbocycles. The first kappa shape index (κ1) is 13.7. The van der Waals surface area contributed by atoms with E-state index in [1.807, 2.05) is 0 Å². The third-order valence-corrected chi connectivity index (χ3v) is 4.50. The van der Waals surface area contributed by atoms with Crippen LogP contribution in [0, 0.1) is 3.57 Å². The smallest absolute Gasteiger partial charge is 0.456 e. The van der Waals surface area contributed by atoms with Crippen molar-refractivity contribution < 1.29 is 30.2 Å². The molecule has 0 unspecified atom stereocenters. The Kier molecular flexibility index (Phi) is 2.84. The normalized spacial score (nSPS) is 13.4. The first-order valence-corrected chi connectivity index (χ1v) is 7.62. The predicted octanol–water partition coefficient (Wildman–Crippen LogP) is 3.86. The number of furan rings is 2. The van der Waals surface area contributed by atoms with Gasteiger partial charge in [-0.15, -0.1) is 0 Å². The lowest BCUT2D eigenvalue weighted by Gasteiger charge is -2.10. The standard InChI is InChI=1S/C11H4F3IO4S/c12-11(13,14)20(16,17)19-10-4-6-5(3-7(10)15)8-1-2-9(6)18-8/h1-4H. The minimum Gasteiger partial charge on any atom is -0.456 e. The summed E-state index contributed by atoms with van der Waals surface area (Å²) in [6.45, 7) is 0. The second-order valence-electron chi connectivity index (χ2n) is 3.98. The van der Waals surface area contributed by atoms with Crippen LogP contribution in [-0.4, -0.2) is 13.9 Å². The highest BCUT2D eigenvalue weighted by Gasteiger charge is 2.48. The van der Waals surface area contributed by atoms with Crippen LogP contribution in [0.4, 0.5) is 13.2 Å². The third kappa shape index (κ3) is 1.99. The van der Waals surface area contributed by atoms with E-state index in [0.717, 1.165) is 0 Å². The van der Waals surface area contributed by atoms with Crippen molar-refractivity contribution in [2.75, 3.05) is 0 Å². The SMILES string of the molecule is O=S(=O)(Oc1cc2c3ccc(o3)c2cc1I)C(F)(F)F. The van der Waals surface area contributed by atoms with Crippen LogP contribution in [-0.2, 0) is 10.1 Å². The van der Waals surface area contributed by atoms with Crippen LogP contribution < -0.4 is 4.18 Å². The zero-order chi connectivity index (χ0) is 14.7. The average Bonchev–Trinajstić information content (AvgIpc) is 2.89. The molecule has 0 amide bonds. The van der Waals surface area contributed by atoms with E-state index < -0.39 is 15.6 Å². The Bertz CT molecular complexity index is 897. The molecule has 0 saturated heterocycles. The molecule has 0 aliphatic rings. The van der Waals surface area contributed by atoms with Crippen LogP contribution in [0.25, 0.3) is 21.9 Å². The van der Waals surface area contributed by atoms with Gasteiger partial charge in [0.1, 0.15) is 11.2 Å². The first-order chi connectivity index (χ1) is 9.19. The van der Waals surface area contributed by atoms with Crippen molar-refractivity contribution >= 4 is 54.6 Å². The van der Waals surface area contributed by atoms with Crippen LogP contribution in [0.3, 0.4) is 0 Å². The molecule has 0 N–H and O–H groups in total. The van der Waals surface area contributed by atoms with Crippen molar-refractivity contribution in [3.63, 3.8) is 0 Å². The van der Waals surface area contributed by atoms with E-state index in [4.69, 9.17) is 4.42 Å². The summed E-state index contributed by atoms with van der Waals surface area (Å²) < 4.78 is 68.7. The fourth-order valence-electron chi connectivity index (χ4n) is 1.82. The second-order valence-corrected chi connectivity index (χ2v) is 6.68. The molecule has 106 valence electrons. The minimum atomic E-state index is -5.68. The summed E-state index contributed by atoms with van der Waals surface area (Å²) in [5, 5.41) is 1.21. The summed E-state index contributed by atoms with van der Waals surface area (Å²) in [6.07, 6.45) is 0. The Balaban J connectivity index is 2.13. The maximum atomic E-state index is 12.3. The Hall–Kier alpha value is -1.23. The van der Waals surface area contributed by atoms with Crippen molar-refractivity contribution in [3.8, 4) is 5.75 Å². The van der Waals surface area contributed by atoms with Crippen molar-refractivity contribution in [2.45, 2.75) is 5.51 Å². The Morgan fingerprint density at radius 3 is 2.20 bits per heavy atom. The van der Waals surface area contributed by atoms with E-state index in [1.165, 1.54) is 12.1 Å². The van der Waals surface area contributed by atoms with E-state index >= 15 is 0 Å². The maximum Gasteiger partial charge on any atom is 0.534 e. The molecule has 0 aliphatic carbocycles. The van der Waals surface area contributed by atoms with Gasteiger partial charge in [-0.25, -0.2) is 0 Å². The van der Waals surface area contributed by atoms with Gasteiger partial charge in [0.05, 0.1) is 3.57 Å². The van der Waals surface area contributed by atoms with E-state index in [1.54, 1.807) is 34.7 Å². The van der Waals surface area contributed by atoms with E-state index in [9.17, 15) is 21.6 Å². The fraction of sp³-hybridized carbons (Fsp3) is 0.0909. The lowest BCUT2D eigenvalue weighted by atomic mass is 10.1. The molecule has 3 rings (SSSR count). The highest BCUT2D eigenvalue weighted by molar-refractivity contribution is 14.1. The highest BCUT2D eigenvalue weighted by atomic mass is 127. The quantitative estimate of drug-likeness (QED) is 0.362. The largest absolute Gasteiger partial charge is 0.534 e.